The molecule has 0 saturated heterocycles. The van der Waals surface area contributed by atoms with E-state index in [4.69, 9.17) is 22.7 Å². The second-order valence-electron chi connectivity index (χ2n) is 3.22. The Hall–Kier alpha value is -1.09. The maximum Gasteiger partial charge on any atom is 0.122 e. The summed E-state index contributed by atoms with van der Waals surface area (Å²) in [6.45, 7) is 0.705. The maximum atomic E-state index is 5.51. The first-order chi connectivity index (χ1) is 6.27. The summed E-state index contributed by atoms with van der Waals surface area (Å²) in [5, 5.41) is 0. The van der Waals surface area contributed by atoms with Gasteiger partial charge in [0, 0.05) is 17.9 Å². The van der Waals surface area contributed by atoms with Crippen LogP contribution in [0.2, 0.25) is 0 Å². The second-order valence-corrected chi connectivity index (χ2v) is 3.74. The summed E-state index contributed by atoms with van der Waals surface area (Å²) in [7, 11) is 0. The van der Waals surface area contributed by atoms with Crippen LogP contribution in [0.1, 0.15) is 17.9 Å². The molecule has 68 valence electrons. The molecule has 0 saturated carbocycles. The molecule has 13 heavy (non-hydrogen) atoms. The van der Waals surface area contributed by atoms with E-state index >= 15 is 0 Å². The normalized spacial score (nSPS) is 19.2. The van der Waals surface area contributed by atoms with Gasteiger partial charge in [-0.05, 0) is 6.07 Å². The largest absolute Gasteiger partial charge is 0.493 e. The van der Waals surface area contributed by atoms with E-state index in [9.17, 15) is 0 Å². The van der Waals surface area contributed by atoms with Gasteiger partial charge in [-0.1, -0.05) is 30.4 Å². The fraction of sp³-hybridized carbons (Fsp3) is 0.300. The zero-order valence-electron chi connectivity index (χ0n) is 7.19. The summed E-state index contributed by atoms with van der Waals surface area (Å²) in [5.41, 5.74) is 6.74. The molecular weight excluding hydrogens is 182 g/mol. The minimum Gasteiger partial charge on any atom is -0.493 e. The molecule has 0 bridgehead atoms. The fourth-order valence-electron chi connectivity index (χ4n) is 1.64. The molecule has 1 aromatic carbocycles. The van der Waals surface area contributed by atoms with Crippen LogP contribution in [0.25, 0.3) is 0 Å². The summed E-state index contributed by atoms with van der Waals surface area (Å²) in [6, 6.07) is 8.04. The minimum atomic E-state index is 0.355. The third-order valence-corrected chi connectivity index (χ3v) is 2.41. The predicted octanol–water partition coefficient (Wildman–Crippen LogP) is 1.84. The van der Waals surface area contributed by atoms with E-state index in [-0.39, 0.29) is 0 Å². The Morgan fingerprint density at radius 3 is 3.08 bits per heavy atom. The van der Waals surface area contributed by atoms with Crippen LogP contribution < -0.4 is 10.5 Å². The van der Waals surface area contributed by atoms with Crippen molar-refractivity contribution in [1.82, 2.24) is 0 Å². The molecule has 0 radical (unpaired) electrons. The standard InChI is InChI=1S/C10H11NOS/c11-10(13)5-7-6-12-9-4-2-1-3-8(7)9/h1-4,7H,5-6H2,(H2,11,13). The Bertz CT molecular complexity index is 337. The zero-order valence-corrected chi connectivity index (χ0v) is 8.01. The highest BCUT2D eigenvalue weighted by Crippen LogP contribution is 2.35. The Kier molecular flexibility index (Phi) is 2.19. The van der Waals surface area contributed by atoms with E-state index in [1.54, 1.807) is 0 Å². The number of para-hydroxylation sites is 1. The Morgan fingerprint density at radius 1 is 1.54 bits per heavy atom. The molecule has 0 amide bonds. The van der Waals surface area contributed by atoms with Crippen LogP contribution in [0.15, 0.2) is 24.3 Å². The quantitative estimate of drug-likeness (QED) is 0.728. The molecule has 2 nitrogen and oxygen atoms in total. The number of benzene rings is 1. The van der Waals surface area contributed by atoms with Crippen LogP contribution in [0, 0.1) is 0 Å². The Morgan fingerprint density at radius 2 is 2.31 bits per heavy atom. The van der Waals surface area contributed by atoms with Crippen molar-refractivity contribution < 1.29 is 4.74 Å². The van der Waals surface area contributed by atoms with Crippen molar-refractivity contribution in [2.24, 2.45) is 5.73 Å². The van der Waals surface area contributed by atoms with Gasteiger partial charge in [0.05, 0.1) is 11.6 Å². The Balaban J connectivity index is 2.23. The lowest BCUT2D eigenvalue weighted by Gasteiger charge is -2.05. The molecule has 1 heterocycles. The van der Waals surface area contributed by atoms with Crippen LogP contribution in [0.5, 0.6) is 5.75 Å². The van der Waals surface area contributed by atoms with E-state index in [1.165, 1.54) is 5.56 Å². The van der Waals surface area contributed by atoms with Crippen LogP contribution in [0.4, 0.5) is 0 Å². The predicted molar refractivity (Wildman–Crippen MR) is 56.1 cm³/mol. The SMILES string of the molecule is NC(=S)CC1COc2ccccc21. The first kappa shape index (κ1) is 8.51. The summed E-state index contributed by atoms with van der Waals surface area (Å²) < 4.78 is 5.50. The summed E-state index contributed by atoms with van der Waals surface area (Å²) in [6.07, 6.45) is 0.742. The maximum absolute atomic E-state index is 5.51. The summed E-state index contributed by atoms with van der Waals surface area (Å²) >= 11 is 4.88. The van der Waals surface area contributed by atoms with Gasteiger partial charge in [0.1, 0.15) is 5.75 Å². The van der Waals surface area contributed by atoms with Gasteiger partial charge in [0.2, 0.25) is 0 Å². The molecule has 0 spiro atoms. The Labute approximate surface area is 82.7 Å². The number of hydrogen-bond donors (Lipinski definition) is 1. The molecular formula is C10H11NOS. The highest BCUT2D eigenvalue weighted by molar-refractivity contribution is 7.80. The summed E-state index contributed by atoms with van der Waals surface area (Å²) in [5.74, 6) is 1.33. The van der Waals surface area contributed by atoms with Gasteiger partial charge in [0.25, 0.3) is 0 Å². The lowest BCUT2D eigenvalue weighted by atomic mass is 9.98. The smallest absolute Gasteiger partial charge is 0.122 e. The van der Waals surface area contributed by atoms with E-state index in [2.05, 4.69) is 6.07 Å². The van der Waals surface area contributed by atoms with Crippen LogP contribution in [0.3, 0.4) is 0 Å². The molecule has 1 aliphatic rings. The van der Waals surface area contributed by atoms with Gasteiger partial charge >= 0.3 is 0 Å². The third-order valence-electron chi connectivity index (χ3n) is 2.25. The third kappa shape index (κ3) is 1.65. The van der Waals surface area contributed by atoms with Crippen molar-refractivity contribution in [1.29, 1.82) is 0 Å². The first-order valence-corrected chi connectivity index (χ1v) is 4.68. The molecule has 1 aromatic rings. The van der Waals surface area contributed by atoms with Crippen molar-refractivity contribution in [2.45, 2.75) is 12.3 Å². The van der Waals surface area contributed by atoms with E-state index in [1.807, 2.05) is 18.2 Å². The van der Waals surface area contributed by atoms with Gasteiger partial charge in [-0.15, -0.1) is 0 Å². The topological polar surface area (TPSA) is 35.2 Å². The molecule has 1 aliphatic heterocycles. The van der Waals surface area contributed by atoms with E-state index in [0.29, 0.717) is 17.5 Å². The highest BCUT2D eigenvalue weighted by Gasteiger charge is 2.23. The van der Waals surface area contributed by atoms with Gasteiger partial charge < -0.3 is 10.5 Å². The fourth-order valence-corrected chi connectivity index (χ4v) is 1.84. The average Bonchev–Trinajstić information content (AvgIpc) is 2.48. The van der Waals surface area contributed by atoms with Crippen molar-refractivity contribution in [2.75, 3.05) is 6.61 Å². The molecule has 2 N–H and O–H groups in total. The number of hydrogen-bond acceptors (Lipinski definition) is 2. The van der Waals surface area contributed by atoms with Crippen molar-refractivity contribution in [3.05, 3.63) is 29.8 Å². The molecule has 2 rings (SSSR count). The highest BCUT2D eigenvalue weighted by atomic mass is 32.1. The van der Waals surface area contributed by atoms with Crippen molar-refractivity contribution >= 4 is 17.2 Å². The van der Waals surface area contributed by atoms with Crippen molar-refractivity contribution in [3.63, 3.8) is 0 Å². The van der Waals surface area contributed by atoms with E-state index in [0.717, 1.165) is 12.2 Å². The molecule has 1 unspecified atom stereocenters. The zero-order chi connectivity index (χ0) is 9.26. The minimum absolute atomic E-state index is 0.355. The molecule has 0 fully saturated rings. The molecule has 3 heteroatoms. The second kappa shape index (κ2) is 3.34. The molecule has 0 aromatic heterocycles. The lowest BCUT2D eigenvalue weighted by Crippen LogP contribution is -2.14. The molecule has 0 aliphatic carbocycles. The summed E-state index contributed by atoms with van der Waals surface area (Å²) in [4.78, 5) is 0.560. The number of thiocarbonyl (C=S) groups is 1. The van der Waals surface area contributed by atoms with Crippen LogP contribution in [-0.2, 0) is 0 Å². The van der Waals surface area contributed by atoms with Gasteiger partial charge in [-0.2, -0.15) is 0 Å². The molecule has 1 atom stereocenters. The van der Waals surface area contributed by atoms with Gasteiger partial charge in [-0.3, -0.25) is 0 Å². The number of ether oxygens (including phenoxy) is 1. The monoisotopic (exact) mass is 193 g/mol. The number of nitrogens with two attached hydrogens (primary N) is 1. The first-order valence-electron chi connectivity index (χ1n) is 4.27. The van der Waals surface area contributed by atoms with Crippen molar-refractivity contribution in [3.8, 4) is 5.75 Å². The number of rotatable bonds is 2. The van der Waals surface area contributed by atoms with Gasteiger partial charge in [-0.25, -0.2) is 0 Å². The lowest BCUT2D eigenvalue weighted by molar-refractivity contribution is 0.333. The van der Waals surface area contributed by atoms with Crippen LogP contribution >= 0.6 is 12.2 Å². The number of fused-ring (bicyclic) bond motifs is 1. The average molecular weight is 193 g/mol. The van der Waals surface area contributed by atoms with E-state index < -0.39 is 0 Å². The van der Waals surface area contributed by atoms with Gasteiger partial charge in [0.15, 0.2) is 0 Å². The van der Waals surface area contributed by atoms with Crippen LogP contribution in [-0.4, -0.2) is 11.6 Å².